The van der Waals surface area contributed by atoms with Crippen LogP contribution in [0.1, 0.15) is 19.4 Å². The lowest BCUT2D eigenvalue weighted by Crippen LogP contribution is -2.39. The quantitative estimate of drug-likeness (QED) is 0.818. The molecular weight excluding hydrogens is 230 g/mol. The van der Waals surface area contributed by atoms with Gasteiger partial charge < -0.3 is 10.0 Å². The van der Waals surface area contributed by atoms with Crippen LogP contribution in [-0.2, 0) is 9.59 Å². The van der Waals surface area contributed by atoms with Crippen LogP contribution in [0.15, 0.2) is 30.3 Å². The van der Waals surface area contributed by atoms with Crippen LogP contribution in [0.4, 0.5) is 0 Å². The normalized spacial score (nSPS) is 9.50. The summed E-state index contributed by atoms with van der Waals surface area (Å²) in [6.45, 7) is 3.18. The molecule has 94 valence electrons. The Balaban J connectivity index is 2.80. The van der Waals surface area contributed by atoms with Crippen molar-refractivity contribution < 1.29 is 14.7 Å². The number of carbonyl (C=O) groups is 2. The zero-order valence-electron chi connectivity index (χ0n) is 10.4. The number of benzene rings is 1. The van der Waals surface area contributed by atoms with Gasteiger partial charge in [-0.25, -0.2) is 0 Å². The largest absolute Gasteiger partial charge is 0.480 e. The molecule has 18 heavy (non-hydrogen) atoms. The average molecular weight is 245 g/mol. The Bertz CT molecular complexity index is 483. The number of hydrogen-bond donors (Lipinski definition) is 1. The zero-order chi connectivity index (χ0) is 13.5. The lowest BCUT2D eigenvalue weighted by molar-refractivity contribution is -0.143. The van der Waals surface area contributed by atoms with Crippen molar-refractivity contribution in [3.05, 3.63) is 35.9 Å². The third-order valence-corrected chi connectivity index (χ3v) is 2.28. The number of rotatable bonds is 3. The Morgan fingerprint density at radius 2 is 1.89 bits per heavy atom. The van der Waals surface area contributed by atoms with Crippen LogP contribution in [0, 0.1) is 11.8 Å². The molecule has 0 aliphatic carbocycles. The Kier molecular flexibility index (Phi) is 4.94. The summed E-state index contributed by atoms with van der Waals surface area (Å²) in [6.07, 6.45) is 0. The summed E-state index contributed by atoms with van der Waals surface area (Å²) in [4.78, 5) is 23.7. The van der Waals surface area contributed by atoms with Crippen LogP contribution in [0.25, 0.3) is 0 Å². The van der Waals surface area contributed by atoms with E-state index < -0.39 is 11.9 Å². The fourth-order valence-electron chi connectivity index (χ4n) is 1.35. The number of carboxylic acid groups (broad SMARTS) is 1. The minimum absolute atomic E-state index is 0.196. The Labute approximate surface area is 106 Å². The fraction of sp³-hybridized carbons (Fsp3) is 0.286. The van der Waals surface area contributed by atoms with E-state index in [9.17, 15) is 9.59 Å². The summed E-state index contributed by atoms with van der Waals surface area (Å²) in [6, 6.07) is 8.89. The van der Waals surface area contributed by atoms with E-state index in [1.54, 1.807) is 26.0 Å². The molecule has 0 spiro atoms. The van der Waals surface area contributed by atoms with E-state index in [-0.39, 0.29) is 12.6 Å². The van der Waals surface area contributed by atoms with E-state index in [4.69, 9.17) is 5.11 Å². The number of carbonyl (C=O) groups excluding carboxylic acids is 1. The minimum Gasteiger partial charge on any atom is -0.480 e. The molecule has 0 aliphatic rings. The summed E-state index contributed by atoms with van der Waals surface area (Å²) in [5.41, 5.74) is 0.727. The molecule has 0 saturated carbocycles. The van der Waals surface area contributed by atoms with E-state index in [1.165, 1.54) is 4.90 Å². The van der Waals surface area contributed by atoms with E-state index >= 15 is 0 Å². The maximum Gasteiger partial charge on any atom is 0.323 e. The van der Waals surface area contributed by atoms with Gasteiger partial charge in [-0.2, -0.15) is 0 Å². The van der Waals surface area contributed by atoms with E-state index in [0.29, 0.717) is 0 Å². The smallest absolute Gasteiger partial charge is 0.323 e. The summed E-state index contributed by atoms with van der Waals surface area (Å²) >= 11 is 0. The Morgan fingerprint density at radius 3 is 2.39 bits per heavy atom. The number of amides is 1. The number of aliphatic carboxylic acids is 1. The summed E-state index contributed by atoms with van der Waals surface area (Å²) in [7, 11) is 0. The van der Waals surface area contributed by atoms with E-state index in [1.807, 2.05) is 18.2 Å². The van der Waals surface area contributed by atoms with Gasteiger partial charge in [0.25, 0.3) is 5.91 Å². The third kappa shape index (κ3) is 4.30. The molecule has 0 atom stereocenters. The van der Waals surface area contributed by atoms with Crippen molar-refractivity contribution in [2.45, 2.75) is 19.9 Å². The van der Waals surface area contributed by atoms with Gasteiger partial charge in [0.2, 0.25) is 0 Å². The Morgan fingerprint density at radius 1 is 1.28 bits per heavy atom. The Hall–Kier alpha value is -2.28. The molecule has 0 fully saturated rings. The van der Waals surface area contributed by atoms with Crippen molar-refractivity contribution in [1.82, 2.24) is 4.90 Å². The van der Waals surface area contributed by atoms with Crippen molar-refractivity contribution in [3.8, 4) is 11.8 Å². The highest BCUT2D eigenvalue weighted by molar-refractivity contribution is 5.95. The fourth-order valence-corrected chi connectivity index (χ4v) is 1.35. The second-order valence-corrected chi connectivity index (χ2v) is 4.04. The minimum atomic E-state index is -1.04. The van der Waals surface area contributed by atoms with Crippen molar-refractivity contribution in [1.29, 1.82) is 0 Å². The van der Waals surface area contributed by atoms with Crippen LogP contribution < -0.4 is 0 Å². The number of nitrogens with zero attached hydrogens (tertiary/aromatic N) is 1. The van der Waals surface area contributed by atoms with Crippen molar-refractivity contribution >= 4 is 11.9 Å². The molecule has 1 aromatic carbocycles. The van der Waals surface area contributed by atoms with Gasteiger partial charge in [-0.1, -0.05) is 24.1 Å². The lowest BCUT2D eigenvalue weighted by atomic mass is 10.2. The van der Waals surface area contributed by atoms with Gasteiger partial charge in [-0.15, -0.1) is 0 Å². The molecule has 1 rings (SSSR count). The first-order chi connectivity index (χ1) is 8.50. The van der Waals surface area contributed by atoms with Crippen molar-refractivity contribution in [2.75, 3.05) is 6.54 Å². The standard InChI is InChI=1S/C14H15NO3/c1-11(2)15(10-14(17)18)13(16)9-8-12-6-4-3-5-7-12/h3-7,11H,10H2,1-2H3,(H,17,18). The molecule has 0 aliphatic heterocycles. The second kappa shape index (κ2) is 6.45. The molecule has 4 nitrogen and oxygen atoms in total. The number of hydrogen-bond acceptors (Lipinski definition) is 2. The predicted molar refractivity (Wildman–Crippen MR) is 67.8 cm³/mol. The van der Waals surface area contributed by atoms with Crippen LogP contribution in [0.5, 0.6) is 0 Å². The van der Waals surface area contributed by atoms with Crippen LogP contribution in [-0.4, -0.2) is 34.5 Å². The van der Waals surface area contributed by atoms with Crippen molar-refractivity contribution in [3.63, 3.8) is 0 Å². The van der Waals surface area contributed by atoms with Crippen molar-refractivity contribution in [2.24, 2.45) is 0 Å². The molecule has 0 bridgehead atoms. The first-order valence-electron chi connectivity index (χ1n) is 5.60. The molecule has 1 N–H and O–H groups in total. The molecule has 0 heterocycles. The summed E-state index contributed by atoms with van der Waals surface area (Å²) in [5.74, 6) is 3.66. The molecule has 0 radical (unpaired) electrons. The third-order valence-electron chi connectivity index (χ3n) is 2.28. The average Bonchev–Trinajstić information content (AvgIpc) is 2.34. The first kappa shape index (κ1) is 13.8. The number of carboxylic acids is 1. The second-order valence-electron chi connectivity index (χ2n) is 4.04. The van der Waals surface area contributed by atoms with Gasteiger partial charge >= 0.3 is 5.97 Å². The monoisotopic (exact) mass is 245 g/mol. The molecule has 0 unspecified atom stereocenters. The van der Waals surface area contributed by atoms with Gasteiger partial charge in [0.1, 0.15) is 6.54 Å². The molecular formula is C14H15NO3. The highest BCUT2D eigenvalue weighted by Crippen LogP contribution is 1.99. The summed E-state index contributed by atoms with van der Waals surface area (Å²) in [5, 5.41) is 8.72. The predicted octanol–water partition coefficient (Wildman–Crippen LogP) is 1.36. The highest BCUT2D eigenvalue weighted by Gasteiger charge is 2.17. The molecule has 4 heteroatoms. The SMILES string of the molecule is CC(C)N(CC(=O)O)C(=O)C#Cc1ccccc1. The summed E-state index contributed by atoms with van der Waals surface area (Å²) < 4.78 is 0. The van der Waals surface area contributed by atoms with Crippen LogP contribution >= 0.6 is 0 Å². The van der Waals surface area contributed by atoms with Crippen LogP contribution in [0.2, 0.25) is 0 Å². The maximum atomic E-state index is 11.8. The van der Waals surface area contributed by atoms with Gasteiger partial charge in [0.15, 0.2) is 0 Å². The molecule has 1 amide bonds. The van der Waals surface area contributed by atoms with E-state index in [0.717, 1.165) is 5.56 Å². The van der Waals surface area contributed by atoms with Gasteiger partial charge in [0.05, 0.1) is 0 Å². The topological polar surface area (TPSA) is 57.6 Å². The van der Waals surface area contributed by atoms with Gasteiger partial charge in [0, 0.05) is 17.5 Å². The highest BCUT2D eigenvalue weighted by atomic mass is 16.4. The van der Waals surface area contributed by atoms with E-state index in [2.05, 4.69) is 11.8 Å². The lowest BCUT2D eigenvalue weighted by Gasteiger charge is -2.21. The molecule has 0 saturated heterocycles. The molecule has 0 aromatic heterocycles. The first-order valence-corrected chi connectivity index (χ1v) is 5.60. The van der Waals surface area contributed by atoms with Crippen LogP contribution in [0.3, 0.4) is 0 Å². The maximum absolute atomic E-state index is 11.8. The zero-order valence-corrected chi connectivity index (χ0v) is 10.4. The van der Waals surface area contributed by atoms with Gasteiger partial charge in [-0.3, -0.25) is 9.59 Å². The van der Waals surface area contributed by atoms with Gasteiger partial charge in [-0.05, 0) is 26.0 Å². The molecule has 1 aromatic rings.